The van der Waals surface area contributed by atoms with Gasteiger partial charge in [0.1, 0.15) is 5.82 Å². The van der Waals surface area contributed by atoms with Crippen LogP contribution in [0.3, 0.4) is 0 Å². The molecule has 1 aromatic heterocycles. The molecule has 24 heavy (non-hydrogen) atoms. The molecule has 2 aliphatic rings. The molecule has 128 valence electrons. The standard InChI is InChI=1S/C18H23FN4O/c19-17-11-15(1-2-18(17)23-7-9-24-10-8-23)14-3-5-22(6-4-14)16-12-20-21-13-16/h1-2,11-14H,3-10H2,(H,20,21). The average Bonchev–Trinajstić information content (AvgIpc) is 3.17. The number of piperidine rings is 1. The van der Waals surface area contributed by atoms with E-state index in [1.807, 2.05) is 18.5 Å². The van der Waals surface area contributed by atoms with E-state index in [1.165, 1.54) is 0 Å². The number of nitrogens with zero attached hydrogens (tertiary/aromatic N) is 3. The summed E-state index contributed by atoms with van der Waals surface area (Å²) in [7, 11) is 0. The van der Waals surface area contributed by atoms with E-state index >= 15 is 0 Å². The Balaban J connectivity index is 1.42. The quantitative estimate of drug-likeness (QED) is 0.940. The summed E-state index contributed by atoms with van der Waals surface area (Å²) in [5, 5.41) is 6.87. The largest absolute Gasteiger partial charge is 0.378 e. The van der Waals surface area contributed by atoms with Crippen molar-refractivity contribution in [3.05, 3.63) is 42.0 Å². The number of H-pyrrole nitrogens is 1. The van der Waals surface area contributed by atoms with E-state index in [9.17, 15) is 4.39 Å². The van der Waals surface area contributed by atoms with E-state index < -0.39 is 0 Å². The van der Waals surface area contributed by atoms with Crippen molar-refractivity contribution >= 4 is 11.4 Å². The Kier molecular flexibility index (Phi) is 4.38. The first-order valence-electron chi connectivity index (χ1n) is 8.67. The first kappa shape index (κ1) is 15.4. The Hall–Kier alpha value is -2.08. The van der Waals surface area contributed by atoms with E-state index in [-0.39, 0.29) is 5.82 Å². The number of nitrogens with one attached hydrogen (secondary N) is 1. The number of hydrogen-bond donors (Lipinski definition) is 1. The van der Waals surface area contributed by atoms with Crippen molar-refractivity contribution < 1.29 is 9.13 Å². The van der Waals surface area contributed by atoms with Crippen LogP contribution in [0, 0.1) is 5.82 Å². The van der Waals surface area contributed by atoms with Crippen LogP contribution in [0.4, 0.5) is 15.8 Å². The highest BCUT2D eigenvalue weighted by Gasteiger charge is 2.23. The fourth-order valence-corrected chi connectivity index (χ4v) is 3.73. The molecule has 0 saturated carbocycles. The molecule has 5 nitrogen and oxygen atoms in total. The number of benzene rings is 1. The first-order valence-corrected chi connectivity index (χ1v) is 8.67. The molecule has 2 saturated heterocycles. The summed E-state index contributed by atoms with van der Waals surface area (Å²) in [5.74, 6) is 0.327. The summed E-state index contributed by atoms with van der Waals surface area (Å²) >= 11 is 0. The third-order valence-electron chi connectivity index (χ3n) is 5.14. The Labute approximate surface area is 141 Å². The monoisotopic (exact) mass is 330 g/mol. The molecule has 2 aliphatic heterocycles. The maximum atomic E-state index is 14.6. The maximum absolute atomic E-state index is 14.6. The zero-order valence-electron chi connectivity index (χ0n) is 13.7. The fraction of sp³-hybridized carbons (Fsp3) is 0.500. The SMILES string of the molecule is Fc1cc(C2CCN(c3cn[nH]c3)CC2)ccc1N1CCOCC1. The first-order chi connectivity index (χ1) is 11.8. The highest BCUT2D eigenvalue weighted by Crippen LogP contribution is 2.32. The summed E-state index contributed by atoms with van der Waals surface area (Å²) < 4.78 is 19.9. The summed E-state index contributed by atoms with van der Waals surface area (Å²) in [6, 6.07) is 5.79. The summed E-state index contributed by atoms with van der Waals surface area (Å²) in [6.45, 7) is 4.84. The Morgan fingerprint density at radius 2 is 1.88 bits per heavy atom. The second-order valence-corrected chi connectivity index (χ2v) is 6.53. The van der Waals surface area contributed by atoms with Gasteiger partial charge < -0.3 is 14.5 Å². The van der Waals surface area contributed by atoms with Gasteiger partial charge in [0.2, 0.25) is 0 Å². The Bertz CT molecular complexity index is 662. The van der Waals surface area contributed by atoms with Crippen LogP contribution < -0.4 is 9.80 Å². The van der Waals surface area contributed by atoms with Gasteiger partial charge in [-0.3, -0.25) is 5.10 Å². The van der Waals surface area contributed by atoms with Crippen molar-refractivity contribution in [1.29, 1.82) is 0 Å². The molecule has 4 rings (SSSR count). The predicted octanol–water partition coefficient (Wildman–Crippen LogP) is 2.77. The van der Waals surface area contributed by atoms with Crippen LogP contribution in [-0.4, -0.2) is 49.6 Å². The molecule has 0 amide bonds. The predicted molar refractivity (Wildman–Crippen MR) is 92.2 cm³/mol. The zero-order valence-corrected chi connectivity index (χ0v) is 13.7. The second-order valence-electron chi connectivity index (χ2n) is 6.53. The number of morpholine rings is 1. The van der Waals surface area contributed by atoms with E-state index in [0.717, 1.165) is 50.3 Å². The molecule has 0 bridgehead atoms. The highest BCUT2D eigenvalue weighted by atomic mass is 19.1. The maximum Gasteiger partial charge on any atom is 0.146 e. The van der Waals surface area contributed by atoms with Gasteiger partial charge in [-0.05, 0) is 36.5 Å². The van der Waals surface area contributed by atoms with Crippen LogP contribution in [-0.2, 0) is 4.74 Å². The molecule has 2 fully saturated rings. The summed E-state index contributed by atoms with van der Waals surface area (Å²) in [6.07, 6.45) is 5.87. The molecule has 0 aliphatic carbocycles. The van der Waals surface area contributed by atoms with E-state index in [1.54, 1.807) is 6.07 Å². The lowest BCUT2D eigenvalue weighted by Gasteiger charge is -2.33. The van der Waals surface area contributed by atoms with Crippen molar-refractivity contribution in [2.45, 2.75) is 18.8 Å². The number of rotatable bonds is 3. The number of hydrogen-bond acceptors (Lipinski definition) is 4. The number of ether oxygens (including phenoxy) is 1. The normalized spacial score (nSPS) is 19.7. The van der Waals surface area contributed by atoms with Gasteiger partial charge in [0.25, 0.3) is 0 Å². The van der Waals surface area contributed by atoms with Crippen LogP contribution in [0.15, 0.2) is 30.6 Å². The number of halogens is 1. The smallest absolute Gasteiger partial charge is 0.146 e. The average molecular weight is 330 g/mol. The van der Waals surface area contributed by atoms with Gasteiger partial charge in [0.15, 0.2) is 0 Å². The molecule has 0 radical (unpaired) electrons. The topological polar surface area (TPSA) is 44.4 Å². The van der Waals surface area contributed by atoms with E-state index in [0.29, 0.717) is 24.8 Å². The lowest BCUT2D eigenvalue weighted by atomic mass is 9.89. The van der Waals surface area contributed by atoms with Gasteiger partial charge in [0.05, 0.1) is 30.8 Å². The van der Waals surface area contributed by atoms with Crippen molar-refractivity contribution in [2.75, 3.05) is 49.2 Å². The van der Waals surface area contributed by atoms with Crippen LogP contribution in [0.2, 0.25) is 0 Å². The number of anilines is 2. The molecular formula is C18H23FN4O. The van der Waals surface area contributed by atoms with Crippen LogP contribution in [0.25, 0.3) is 0 Å². The highest BCUT2D eigenvalue weighted by molar-refractivity contribution is 5.50. The minimum absolute atomic E-state index is 0.105. The minimum atomic E-state index is -0.105. The van der Waals surface area contributed by atoms with Crippen LogP contribution >= 0.6 is 0 Å². The van der Waals surface area contributed by atoms with E-state index in [4.69, 9.17) is 4.74 Å². The third kappa shape index (κ3) is 3.11. The number of aromatic amines is 1. The molecule has 2 aromatic rings. The molecule has 0 spiro atoms. The van der Waals surface area contributed by atoms with Crippen molar-refractivity contribution in [2.24, 2.45) is 0 Å². The molecule has 3 heterocycles. The molecule has 0 unspecified atom stereocenters. The van der Waals surface area contributed by atoms with Gasteiger partial charge in [-0.1, -0.05) is 6.07 Å². The molecule has 6 heteroatoms. The van der Waals surface area contributed by atoms with Gasteiger partial charge in [-0.2, -0.15) is 5.10 Å². The Morgan fingerprint density at radius 1 is 1.08 bits per heavy atom. The molecule has 1 aromatic carbocycles. The van der Waals surface area contributed by atoms with Gasteiger partial charge in [-0.25, -0.2) is 4.39 Å². The fourth-order valence-electron chi connectivity index (χ4n) is 3.73. The molecule has 0 atom stereocenters. The van der Waals surface area contributed by atoms with Gasteiger partial charge in [0, 0.05) is 32.4 Å². The van der Waals surface area contributed by atoms with Crippen molar-refractivity contribution in [1.82, 2.24) is 10.2 Å². The molecular weight excluding hydrogens is 307 g/mol. The Morgan fingerprint density at radius 3 is 2.54 bits per heavy atom. The molecule has 1 N–H and O–H groups in total. The number of aromatic nitrogens is 2. The van der Waals surface area contributed by atoms with Crippen molar-refractivity contribution in [3.63, 3.8) is 0 Å². The van der Waals surface area contributed by atoms with Gasteiger partial charge in [-0.15, -0.1) is 0 Å². The van der Waals surface area contributed by atoms with Crippen LogP contribution in [0.1, 0.15) is 24.3 Å². The zero-order chi connectivity index (χ0) is 16.4. The minimum Gasteiger partial charge on any atom is -0.378 e. The summed E-state index contributed by atoms with van der Waals surface area (Å²) in [5.41, 5.74) is 2.97. The van der Waals surface area contributed by atoms with Gasteiger partial charge >= 0.3 is 0 Å². The van der Waals surface area contributed by atoms with Crippen LogP contribution in [0.5, 0.6) is 0 Å². The third-order valence-corrected chi connectivity index (χ3v) is 5.14. The lowest BCUT2D eigenvalue weighted by molar-refractivity contribution is 0.122. The van der Waals surface area contributed by atoms with Crippen molar-refractivity contribution in [3.8, 4) is 0 Å². The van der Waals surface area contributed by atoms with E-state index in [2.05, 4.69) is 26.1 Å². The summed E-state index contributed by atoms with van der Waals surface area (Å²) in [4.78, 5) is 4.41. The second kappa shape index (κ2) is 6.81. The lowest BCUT2D eigenvalue weighted by Crippen LogP contribution is -2.36.